The van der Waals surface area contributed by atoms with E-state index in [0.29, 0.717) is 23.6 Å². The number of esters is 1. The van der Waals surface area contributed by atoms with Gasteiger partial charge in [-0.05, 0) is 37.6 Å². The topological polar surface area (TPSA) is 52.3 Å². The summed E-state index contributed by atoms with van der Waals surface area (Å²) < 4.78 is 5.02. The molecule has 1 atom stereocenters. The molecular formula is C11H14ClNO2. The van der Waals surface area contributed by atoms with Crippen molar-refractivity contribution in [3.63, 3.8) is 0 Å². The lowest BCUT2D eigenvalue weighted by Gasteiger charge is -2.06. The molecule has 3 nitrogen and oxygen atoms in total. The molecule has 0 aliphatic carbocycles. The fourth-order valence-corrected chi connectivity index (χ4v) is 1.13. The number of nitrogens with two attached hydrogens (primary N) is 1. The molecule has 0 spiro atoms. The average molecular weight is 228 g/mol. The van der Waals surface area contributed by atoms with Crippen LogP contribution in [0, 0.1) is 0 Å². The van der Waals surface area contributed by atoms with Gasteiger partial charge in [-0.3, -0.25) is 0 Å². The highest BCUT2D eigenvalue weighted by Gasteiger charge is 2.06. The first-order valence-corrected chi connectivity index (χ1v) is 5.15. The largest absolute Gasteiger partial charge is 0.462 e. The van der Waals surface area contributed by atoms with Crippen molar-refractivity contribution in [2.45, 2.75) is 19.4 Å². The number of ether oxygens (including phenoxy) is 1. The maximum Gasteiger partial charge on any atom is 0.338 e. The first-order chi connectivity index (χ1) is 7.09. The van der Waals surface area contributed by atoms with E-state index in [4.69, 9.17) is 22.1 Å². The van der Waals surface area contributed by atoms with E-state index < -0.39 is 0 Å². The van der Waals surface area contributed by atoms with E-state index in [9.17, 15) is 4.79 Å². The van der Waals surface area contributed by atoms with E-state index in [1.807, 2.05) is 6.92 Å². The molecule has 1 unspecified atom stereocenters. The molecule has 1 aromatic rings. The van der Waals surface area contributed by atoms with E-state index in [-0.39, 0.29) is 12.0 Å². The van der Waals surface area contributed by atoms with Crippen molar-refractivity contribution in [1.29, 1.82) is 0 Å². The van der Waals surface area contributed by atoms with E-state index in [0.717, 1.165) is 0 Å². The van der Waals surface area contributed by atoms with Crippen molar-refractivity contribution in [2.75, 3.05) is 6.61 Å². The van der Waals surface area contributed by atoms with Gasteiger partial charge in [0.05, 0.1) is 12.2 Å². The Bertz CT molecular complexity index is 322. The zero-order valence-electron chi connectivity index (χ0n) is 8.57. The molecule has 0 heterocycles. The third kappa shape index (κ3) is 4.32. The van der Waals surface area contributed by atoms with Crippen LogP contribution in [0.3, 0.4) is 0 Å². The van der Waals surface area contributed by atoms with Gasteiger partial charge in [-0.1, -0.05) is 11.6 Å². The molecule has 0 bridgehead atoms. The van der Waals surface area contributed by atoms with Crippen molar-refractivity contribution in [3.05, 3.63) is 34.9 Å². The maximum absolute atomic E-state index is 11.4. The standard InChI is InChI=1S/C11H14ClNO2/c1-8(13)6-7-15-11(14)9-2-4-10(12)5-3-9/h2-5,8H,6-7,13H2,1H3. The molecule has 2 N–H and O–H groups in total. The zero-order chi connectivity index (χ0) is 11.3. The van der Waals surface area contributed by atoms with Crippen LogP contribution >= 0.6 is 11.6 Å². The first-order valence-electron chi connectivity index (χ1n) is 4.78. The molecule has 0 radical (unpaired) electrons. The monoisotopic (exact) mass is 227 g/mol. The van der Waals surface area contributed by atoms with Crippen molar-refractivity contribution in [2.24, 2.45) is 5.73 Å². The summed E-state index contributed by atoms with van der Waals surface area (Å²) in [6.07, 6.45) is 0.666. The number of hydrogen-bond donors (Lipinski definition) is 1. The number of hydrogen-bond acceptors (Lipinski definition) is 3. The van der Waals surface area contributed by atoms with Gasteiger partial charge < -0.3 is 10.5 Å². The van der Waals surface area contributed by atoms with Gasteiger partial charge in [0.25, 0.3) is 0 Å². The van der Waals surface area contributed by atoms with Crippen LogP contribution in [0.2, 0.25) is 5.02 Å². The molecule has 0 aromatic heterocycles. The van der Waals surface area contributed by atoms with Crippen LogP contribution in [-0.4, -0.2) is 18.6 Å². The Morgan fingerprint density at radius 3 is 2.60 bits per heavy atom. The lowest BCUT2D eigenvalue weighted by atomic mass is 10.2. The molecule has 0 saturated carbocycles. The molecule has 1 rings (SSSR count). The predicted octanol–water partition coefficient (Wildman–Crippen LogP) is 2.23. The number of benzene rings is 1. The van der Waals surface area contributed by atoms with Crippen LogP contribution in [0.5, 0.6) is 0 Å². The summed E-state index contributed by atoms with van der Waals surface area (Å²) in [4.78, 5) is 11.4. The second-order valence-corrected chi connectivity index (χ2v) is 3.85. The zero-order valence-corrected chi connectivity index (χ0v) is 9.33. The predicted molar refractivity (Wildman–Crippen MR) is 60.0 cm³/mol. The van der Waals surface area contributed by atoms with Crippen LogP contribution in [0.4, 0.5) is 0 Å². The fourth-order valence-electron chi connectivity index (χ4n) is 1.01. The summed E-state index contributed by atoms with van der Waals surface area (Å²) >= 11 is 5.69. The van der Waals surface area contributed by atoms with Crippen molar-refractivity contribution in [3.8, 4) is 0 Å². The van der Waals surface area contributed by atoms with E-state index in [2.05, 4.69) is 0 Å². The molecule has 0 aliphatic rings. The third-order valence-corrected chi connectivity index (χ3v) is 2.14. The third-order valence-electron chi connectivity index (χ3n) is 1.89. The molecular weight excluding hydrogens is 214 g/mol. The van der Waals surface area contributed by atoms with E-state index >= 15 is 0 Å². The molecule has 4 heteroatoms. The van der Waals surface area contributed by atoms with E-state index in [1.165, 1.54) is 0 Å². The summed E-state index contributed by atoms with van der Waals surface area (Å²) in [6, 6.07) is 6.63. The minimum absolute atomic E-state index is 0.0445. The first kappa shape index (κ1) is 12.0. The van der Waals surface area contributed by atoms with Gasteiger partial charge in [0, 0.05) is 11.1 Å². The normalized spacial score (nSPS) is 12.2. The van der Waals surface area contributed by atoms with Crippen LogP contribution in [-0.2, 0) is 4.74 Å². The van der Waals surface area contributed by atoms with E-state index in [1.54, 1.807) is 24.3 Å². The Kier molecular flexibility index (Phi) is 4.59. The van der Waals surface area contributed by atoms with Gasteiger partial charge in [-0.15, -0.1) is 0 Å². The lowest BCUT2D eigenvalue weighted by molar-refractivity contribution is 0.0495. The molecule has 0 amide bonds. The Morgan fingerprint density at radius 2 is 2.07 bits per heavy atom. The minimum atomic E-state index is -0.340. The molecule has 0 saturated heterocycles. The van der Waals surface area contributed by atoms with Gasteiger partial charge in [0.1, 0.15) is 0 Å². The summed E-state index contributed by atoms with van der Waals surface area (Å²) in [6.45, 7) is 2.22. The van der Waals surface area contributed by atoms with Crippen LogP contribution in [0.1, 0.15) is 23.7 Å². The van der Waals surface area contributed by atoms with Gasteiger partial charge in [0.2, 0.25) is 0 Å². The second-order valence-electron chi connectivity index (χ2n) is 3.41. The Labute approximate surface area is 94.2 Å². The number of rotatable bonds is 4. The van der Waals surface area contributed by atoms with Crippen LogP contribution in [0.15, 0.2) is 24.3 Å². The maximum atomic E-state index is 11.4. The summed E-state index contributed by atoms with van der Waals surface area (Å²) in [5.74, 6) is -0.340. The molecule has 15 heavy (non-hydrogen) atoms. The SMILES string of the molecule is CC(N)CCOC(=O)c1ccc(Cl)cc1. The summed E-state index contributed by atoms with van der Waals surface area (Å²) in [5.41, 5.74) is 6.03. The number of carbonyl (C=O) groups excluding carboxylic acids is 1. The van der Waals surface area contributed by atoms with Gasteiger partial charge >= 0.3 is 5.97 Å². The highest BCUT2D eigenvalue weighted by atomic mass is 35.5. The Balaban J connectivity index is 2.43. The smallest absolute Gasteiger partial charge is 0.338 e. The van der Waals surface area contributed by atoms with Gasteiger partial charge in [0.15, 0.2) is 0 Å². The Hall–Kier alpha value is -1.06. The molecule has 0 fully saturated rings. The quantitative estimate of drug-likeness (QED) is 0.803. The highest BCUT2D eigenvalue weighted by Crippen LogP contribution is 2.10. The van der Waals surface area contributed by atoms with Crippen molar-refractivity contribution in [1.82, 2.24) is 0 Å². The fraction of sp³-hybridized carbons (Fsp3) is 0.364. The summed E-state index contributed by atoms with van der Waals surface area (Å²) in [7, 11) is 0. The lowest BCUT2D eigenvalue weighted by Crippen LogP contribution is -2.18. The molecule has 82 valence electrons. The van der Waals surface area contributed by atoms with Gasteiger partial charge in [-0.25, -0.2) is 4.79 Å². The van der Waals surface area contributed by atoms with Crippen molar-refractivity contribution < 1.29 is 9.53 Å². The van der Waals surface area contributed by atoms with Gasteiger partial charge in [-0.2, -0.15) is 0 Å². The average Bonchev–Trinajstić information content (AvgIpc) is 2.18. The minimum Gasteiger partial charge on any atom is -0.462 e. The van der Waals surface area contributed by atoms with Crippen molar-refractivity contribution >= 4 is 17.6 Å². The van der Waals surface area contributed by atoms with Crippen LogP contribution < -0.4 is 5.73 Å². The Morgan fingerprint density at radius 1 is 1.47 bits per heavy atom. The summed E-state index contributed by atoms with van der Waals surface area (Å²) in [5, 5.41) is 0.599. The molecule has 0 aliphatic heterocycles. The second kappa shape index (κ2) is 5.73. The number of carbonyl (C=O) groups is 1. The van der Waals surface area contributed by atoms with Crippen LogP contribution in [0.25, 0.3) is 0 Å². The highest BCUT2D eigenvalue weighted by molar-refractivity contribution is 6.30. The molecule has 1 aromatic carbocycles. The number of halogens is 1.